The molecule has 0 radical (unpaired) electrons. The highest BCUT2D eigenvalue weighted by Crippen LogP contribution is 2.28. The molecule has 0 bridgehead atoms. The third kappa shape index (κ3) is 3.58. The summed E-state index contributed by atoms with van der Waals surface area (Å²) in [4.78, 5) is 20.1. The van der Waals surface area contributed by atoms with Crippen LogP contribution in [0.5, 0.6) is 0 Å². The summed E-state index contributed by atoms with van der Waals surface area (Å²) in [5.74, 6) is 0.632. The molecule has 3 aromatic heterocycles. The van der Waals surface area contributed by atoms with Crippen molar-refractivity contribution in [2.24, 2.45) is 0 Å². The zero-order valence-electron chi connectivity index (χ0n) is 14.6. The number of rotatable bonds is 5. The van der Waals surface area contributed by atoms with Gasteiger partial charge in [0, 0.05) is 30.1 Å². The number of aromatic nitrogens is 3. The van der Waals surface area contributed by atoms with Crippen LogP contribution in [0, 0.1) is 0 Å². The Hall–Kier alpha value is -2.03. The molecule has 3 aromatic rings. The second-order valence-corrected chi connectivity index (χ2v) is 8.13. The van der Waals surface area contributed by atoms with Gasteiger partial charge in [-0.05, 0) is 30.8 Å². The number of nitrogens with zero attached hydrogens (tertiary/aromatic N) is 4. The van der Waals surface area contributed by atoms with Crippen molar-refractivity contribution >= 4 is 34.4 Å². The van der Waals surface area contributed by atoms with Gasteiger partial charge in [-0.2, -0.15) is 16.4 Å². The molecule has 1 amide bonds. The zero-order chi connectivity index (χ0) is 17.9. The number of likely N-dealkylation sites (tertiary alicyclic amines) is 1. The number of carbonyl (C=O) groups excluding carboxylic acids is 1. The molecule has 8 heteroatoms. The normalized spacial score (nSPS) is 16.0. The van der Waals surface area contributed by atoms with Crippen LogP contribution in [0.1, 0.15) is 35.5 Å². The third-order valence-electron chi connectivity index (χ3n) is 4.76. The molecule has 136 valence electrons. The highest BCUT2D eigenvalue weighted by molar-refractivity contribution is 7.17. The van der Waals surface area contributed by atoms with Gasteiger partial charge in [0.2, 0.25) is 0 Å². The van der Waals surface area contributed by atoms with E-state index in [0.29, 0.717) is 10.9 Å². The maximum absolute atomic E-state index is 12.6. The molecule has 1 aliphatic heterocycles. The minimum absolute atomic E-state index is 0.128. The third-order valence-corrected chi connectivity index (χ3v) is 6.49. The molecule has 0 aliphatic carbocycles. The van der Waals surface area contributed by atoms with Gasteiger partial charge >= 0.3 is 0 Å². The summed E-state index contributed by atoms with van der Waals surface area (Å²) in [7, 11) is 0. The maximum atomic E-state index is 12.6. The van der Waals surface area contributed by atoms with Gasteiger partial charge in [-0.1, -0.05) is 6.92 Å². The van der Waals surface area contributed by atoms with Gasteiger partial charge < -0.3 is 10.2 Å². The second-order valence-electron chi connectivity index (χ2n) is 6.32. The van der Waals surface area contributed by atoms with E-state index in [1.807, 2.05) is 27.6 Å². The van der Waals surface area contributed by atoms with E-state index in [0.717, 1.165) is 48.9 Å². The fourth-order valence-electron chi connectivity index (χ4n) is 3.26. The van der Waals surface area contributed by atoms with Crippen LogP contribution >= 0.6 is 22.7 Å². The van der Waals surface area contributed by atoms with Crippen molar-refractivity contribution in [2.45, 2.75) is 25.8 Å². The van der Waals surface area contributed by atoms with E-state index in [-0.39, 0.29) is 5.91 Å². The lowest BCUT2D eigenvalue weighted by molar-refractivity contribution is 0.102. The number of nitrogens with one attached hydrogen (secondary N) is 1. The van der Waals surface area contributed by atoms with Gasteiger partial charge in [-0.15, -0.1) is 11.3 Å². The lowest BCUT2D eigenvalue weighted by atomic mass is 10.1. The Bertz CT molecular complexity index is 862. The van der Waals surface area contributed by atoms with Crippen LogP contribution in [0.15, 0.2) is 35.3 Å². The molecule has 0 atom stereocenters. The number of thiazole rings is 1. The lowest BCUT2D eigenvalue weighted by Gasteiger charge is -2.31. The number of hydrogen-bond acceptors (Lipinski definition) is 6. The maximum Gasteiger partial charge on any atom is 0.268 e. The summed E-state index contributed by atoms with van der Waals surface area (Å²) in [5, 5.41) is 12.4. The highest BCUT2D eigenvalue weighted by atomic mass is 32.1. The van der Waals surface area contributed by atoms with Crippen LogP contribution in [0.3, 0.4) is 0 Å². The summed E-state index contributed by atoms with van der Waals surface area (Å²) in [6.07, 6.45) is 5.52. The van der Waals surface area contributed by atoms with Crippen molar-refractivity contribution in [3.8, 4) is 10.6 Å². The molecule has 1 aliphatic rings. The average molecular weight is 388 g/mol. The topological polar surface area (TPSA) is 63.1 Å². The number of piperidine rings is 1. The summed E-state index contributed by atoms with van der Waals surface area (Å²) in [5.41, 5.74) is 1.06. The van der Waals surface area contributed by atoms with Crippen molar-refractivity contribution in [1.82, 2.24) is 19.7 Å². The highest BCUT2D eigenvalue weighted by Gasteiger charge is 2.23. The lowest BCUT2D eigenvalue weighted by Crippen LogP contribution is -2.35. The SMILES string of the molecule is CCN1CCC(n2nccc2NC(=O)c2cnc(-c3ccsc3)s2)CC1. The van der Waals surface area contributed by atoms with Gasteiger partial charge in [-0.25, -0.2) is 9.67 Å². The predicted octanol–water partition coefficient (Wildman–Crippen LogP) is 3.98. The van der Waals surface area contributed by atoms with E-state index in [2.05, 4.69) is 27.2 Å². The van der Waals surface area contributed by atoms with E-state index in [1.165, 1.54) is 11.3 Å². The summed E-state index contributed by atoms with van der Waals surface area (Å²) in [6, 6.07) is 4.22. The Morgan fingerprint density at radius 3 is 2.92 bits per heavy atom. The molecule has 0 saturated carbocycles. The molecular weight excluding hydrogens is 366 g/mol. The zero-order valence-corrected chi connectivity index (χ0v) is 16.2. The molecule has 1 saturated heterocycles. The first-order valence-electron chi connectivity index (χ1n) is 8.80. The van der Waals surface area contributed by atoms with Gasteiger partial charge in [0.1, 0.15) is 15.7 Å². The van der Waals surface area contributed by atoms with Gasteiger partial charge in [0.25, 0.3) is 5.91 Å². The van der Waals surface area contributed by atoms with Crippen LogP contribution in [-0.4, -0.2) is 45.2 Å². The van der Waals surface area contributed by atoms with Crippen LogP contribution in [0.4, 0.5) is 5.82 Å². The first kappa shape index (κ1) is 17.4. The Balaban J connectivity index is 1.45. The molecule has 6 nitrogen and oxygen atoms in total. The standard InChI is InChI=1S/C18H21N5OS2/c1-2-22-8-4-14(5-9-22)23-16(3-7-20-23)21-17(24)15-11-19-18(26-15)13-6-10-25-12-13/h3,6-7,10-12,14H,2,4-5,8-9H2,1H3,(H,21,24). The van der Waals surface area contributed by atoms with E-state index in [4.69, 9.17) is 0 Å². The van der Waals surface area contributed by atoms with E-state index in [9.17, 15) is 4.79 Å². The van der Waals surface area contributed by atoms with E-state index in [1.54, 1.807) is 23.7 Å². The first-order valence-corrected chi connectivity index (χ1v) is 10.6. The monoisotopic (exact) mass is 387 g/mol. The second kappa shape index (κ2) is 7.69. The fourth-order valence-corrected chi connectivity index (χ4v) is 4.78. The summed E-state index contributed by atoms with van der Waals surface area (Å²) in [6.45, 7) is 5.44. The van der Waals surface area contributed by atoms with Crippen LogP contribution < -0.4 is 5.32 Å². The molecular formula is C18H21N5OS2. The summed E-state index contributed by atoms with van der Waals surface area (Å²) < 4.78 is 1.96. The van der Waals surface area contributed by atoms with Crippen LogP contribution in [0.25, 0.3) is 10.6 Å². The number of thiophene rings is 1. The average Bonchev–Trinajstić information content (AvgIpc) is 3.42. The fraction of sp³-hybridized carbons (Fsp3) is 0.389. The van der Waals surface area contributed by atoms with Gasteiger partial charge in [-0.3, -0.25) is 4.79 Å². The van der Waals surface area contributed by atoms with Crippen molar-refractivity contribution in [3.63, 3.8) is 0 Å². The molecule has 4 rings (SSSR count). The van der Waals surface area contributed by atoms with Crippen molar-refractivity contribution < 1.29 is 4.79 Å². The Morgan fingerprint density at radius 2 is 2.19 bits per heavy atom. The van der Waals surface area contributed by atoms with Crippen molar-refractivity contribution in [3.05, 3.63) is 40.2 Å². The number of anilines is 1. The quantitative estimate of drug-likeness (QED) is 0.719. The summed E-state index contributed by atoms with van der Waals surface area (Å²) >= 11 is 3.04. The molecule has 1 N–H and O–H groups in total. The van der Waals surface area contributed by atoms with Crippen LogP contribution in [-0.2, 0) is 0 Å². The van der Waals surface area contributed by atoms with E-state index < -0.39 is 0 Å². The van der Waals surface area contributed by atoms with Gasteiger partial charge in [0.05, 0.1) is 18.4 Å². The largest absolute Gasteiger partial charge is 0.306 e. The molecule has 0 unspecified atom stereocenters. The minimum Gasteiger partial charge on any atom is -0.306 e. The van der Waals surface area contributed by atoms with Gasteiger partial charge in [0.15, 0.2) is 0 Å². The molecule has 0 aromatic carbocycles. The van der Waals surface area contributed by atoms with Crippen LogP contribution in [0.2, 0.25) is 0 Å². The minimum atomic E-state index is -0.128. The smallest absolute Gasteiger partial charge is 0.268 e. The number of hydrogen-bond donors (Lipinski definition) is 1. The van der Waals surface area contributed by atoms with Crippen molar-refractivity contribution in [2.75, 3.05) is 25.0 Å². The predicted molar refractivity (Wildman–Crippen MR) is 106 cm³/mol. The molecule has 1 fully saturated rings. The Morgan fingerprint density at radius 1 is 1.35 bits per heavy atom. The first-order chi connectivity index (χ1) is 12.7. The number of carbonyl (C=O) groups is 1. The van der Waals surface area contributed by atoms with Crippen molar-refractivity contribution in [1.29, 1.82) is 0 Å². The molecule has 26 heavy (non-hydrogen) atoms. The molecule has 0 spiro atoms. The van der Waals surface area contributed by atoms with E-state index >= 15 is 0 Å². The molecule has 4 heterocycles. The number of amides is 1. The Kier molecular flexibility index (Phi) is 5.14. The Labute approximate surface area is 160 Å².